The number of halogens is 3. The Labute approximate surface area is 121 Å². The number of carbonyl (C=O) groups is 1. The highest BCUT2D eigenvalue weighted by atomic mass is 79.9. The molecule has 2 aromatic rings. The van der Waals surface area contributed by atoms with Crippen molar-refractivity contribution in [3.8, 4) is 5.69 Å². The van der Waals surface area contributed by atoms with Crippen molar-refractivity contribution in [2.45, 2.75) is 6.92 Å². The molecular weight excluding hydrogens is 343 g/mol. The van der Waals surface area contributed by atoms with Crippen molar-refractivity contribution in [2.75, 3.05) is 0 Å². The number of nitrogens with zero attached hydrogens (tertiary/aromatic N) is 2. The molecule has 0 atom stereocenters. The van der Waals surface area contributed by atoms with Crippen LogP contribution in [0.25, 0.3) is 5.69 Å². The molecule has 1 heterocycles. The Morgan fingerprint density at radius 3 is 2.39 bits per heavy atom. The van der Waals surface area contributed by atoms with E-state index < -0.39 is 5.97 Å². The third-order valence-electron chi connectivity index (χ3n) is 2.31. The second-order valence-corrected chi connectivity index (χ2v) is 5.36. The number of aromatic carboxylic acids is 1. The minimum atomic E-state index is -1.09. The van der Waals surface area contributed by atoms with E-state index in [1.54, 1.807) is 25.3 Å². The van der Waals surface area contributed by atoms with E-state index in [1.807, 2.05) is 0 Å². The molecule has 18 heavy (non-hydrogen) atoms. The van der Waals surface area contributed by atoms with Gasteiger partial charge in [0.05, 0.1) is 10.0 Å². The van der Waals surface area contributed by atoms with Gasteiger partial charge < -0.3 is 5.11 Å². The van der Waals surface area contributed by atoms with E-state index in [4.69, 9.17) is 28.3 Å². The van der Waals surface area contributed by atoms with Crippen LogP contribution in [0.1, 0.15) is 16.1 Å². The van der Waals surface area contributed by atoms with Crippen molar-refractivity contribution < 1.29 is 9.90 Å². The van der Waals surface area contributed by atoms with Gasteiger partial charge in [0.2, 0.25) is 0 Å². The Balaban J connectivity index is 2.63. The van der Waals surface area contributed by atoms with Gasteiger partial charge >= 0.3 is 5.97 Å². The lowest BCUT2D eigenvalue weighted by Gasteiger charge is -2.07. The summed E-state index contributed by atoms with van der Waals surface area (Å²) in [5.41, 5.74) is 0.972. The Hall–Kier alpha value is -1.04. The highest BCUT2D eigenvalue weighted by Crippen LogP contribution is 2.32. The van der Waals surface area contributed by atoms with Crippen LogP contribution in [0, 0.1) is 6.92 Å². The molecule has 0 aliphatic rings. The number of aryl methyl sites for hydroxylation is 1. The predicted molar refractivity (Wildman–Crippen MR) is 73.0 cm³/mol. The summed E-state index contributed by atoms with van der Waals surface area (Å²) < 4.78 is 2.11. The summed E-state index contributed by atoms with van der Waals surface area (Å²) in [6.45, 7) is 1.66. The van der Waals surface area contributed by atoms with Crippen molar-refractivity contribution in [1.29, 1.82) is 0 Å². The van der Waals surface area contributed by atoms with Crippen molar-refractivity contribution in [3.05, 3.63) is 44.1 Å². The summed E-state index contributed by atoms with van der Waals surface area (Å²) in [6, 6.07) is 3.33. The Bertz CT molecular complexity index is 617. The maximum atomic E-state index is 10.9. The molecule has 0 saturated carbocycles. The van der Waals surface area contributed by atoms with Gasteiger partial charge in [0.1, 0.15) is 5.69 Å². The summed E-state index contributed by atoms with van der Waals surface area (Å²) in [7, 11) is 0. The second kappa shape index (κ2) is 4.91. The molecular formula is C11H7BrCl2N2O2. The first-order valence-corrected chi connectivity index (χ1v) is 6.39. The third-order valence-corrected chi connectivity index (χ3v) is 3.34. The summed E-state index contributed by atoms with van der Waals surface area (Å²) in [4.78, 5) is 10.9. The van der Waals surface area contributed by atoms with Gasteiger partial charge in [0, 0.05) is 16.2 Å². The van der Waals surface area contributed by atoms with E-state index in [9.17, 15) is 4.79 Å². The Morgan fingerprint density at radius 1 is 1.39 bits per heavy atom. The monoisotopic (exact) mass is 348 g/mol. The van der Waals surface area contributed by atoms with Crippen LogP contribution in [0.15, 0.2) is 22.8 Å². The fraction of sp³-hybridized carbons (Fsp3) is 0.0909. The van der Waals surface area contributed by atoms with Crippen LogP contribution < -0.4 is 0 Å². The van der Waals surface area contributed by atoms with Crippen LogP contribution in [-0.2, 0) is 0 Å². The minimum absolute atomic E-state index is 0.0231. The first-order chi connectivity index (χ1) is 8.40. The molecule has 0 fully saturated rings. The zero-order chi connectivity index (χ0) is 13.4. The largest absolute Gasteiger partial charge is 0.476 e. The fourth-order valence-corrected chi connectivity index (χ4v) is 2.92. The number of benzene rings is 1. The predicted octanol–water partition coefficient (Wildman–Crippen LogP) is 3.95. The molecule has 0 aliphatic heterocycles. The fourth-order valence-electron chi connectivity index (χ4n) is 1.54. The molecule has 0 spiro atoms. The van der Waals surface area contributed by atoms with Crippen molar-refractivity contribution >= 4 is 45.1 Å². The Kier molecular flexibility index (Phi) is 3.66. The van der Waals surface area contributed by atoms with Crippen molar-refractivity contribution in [2.24, 2.45) is 0 Å². The SMILES string of the molecule is Cc1cn(-c2c(Cl)cc(Br)cc2Cl)nc1C(=O)O. The lowest BCUT2D eigenvalue weighted by molar-refractivity contribution is 0.0689. The van der Waals surface area contributed by atoms with E-state index in [0.29, 0.717) is 21.3 Å². The van der Waals surface area contributed by atoms with Crippen LogP contribution in [0.5, 0.6) is 0 Å². The maximum Gasteiger partial charge on any atom is 0.356 e. The van der Waals surface area contributed by atoms with Gasteiger partial charge in [0.15, 0.2) is 5.69 Å². The summed E-state index contributed by atoms with van der Waals surface area (Å²) in [5, 5.41) is 13.7. The summed E-state index contributed by atoms with van der Waals surface area (Å²) in [6.07, 6.45) is 1.57. The van der Waals surface area contributed by atoms with Gasteiger partial charge in [-0.3, -0.25) is 0 Å². The third kappa shape index (κ3) is 2.39. The van der Waals surface area contributed by atoms with Gasteiger partial charge in [-0.25, -0.2) is 9.48 Å². The van der Waals surface area contributed by atoms with Crippen LogP contribution in [0.4, 0.5) is 0 Å². The molecule has 0 saturated heterocycles. The first kappa shape index (κ1) is 13.4. The van der Waals surface area contributed by atoms with Crippen molar-refractivity contribution in [1.82, 2.24) is 9.78 Å². The molecule has 0 radical (unpaired) electrons. The topological polar surface area (TPSA) is 55.1 Å². The molecule has 0 aliphatic carbocycles. The number of carboxylic acid groups (broad SMARTS) is 1. The number of aromatic nitrogens is 2. The van der Waals surface area contributed by atoms with Crippen LogP contribution in [-0.4, -0.2) is 20.9 Å². The van der Waals surface area contributed by atoms with E-state index >= 15 is 0 Å². The number of rotatable bonds is 2. The number of hydrogen-bond donors (Lipinski definition) is 1. The number of carboxylic acids is 1. The quantitative estimate of drug-likeness (QED) is 0.893. The van der Waals surface area contributed by atoms with Crippen LogP contribution >= 0.6 is 39.1 Å². The normalized spacial score (nSPS) is 10.7. The molecule has 0 unspecified atom stereocenters. The molecule has 4 nitrogen and oxygen atoms in total. The zero-order valence-electron chi connectivity index (χ0n) is 9.12. The lowest BCUT2D eigenvalue weighted by Crippen LogP contribution is -2.02. The van der Waals surface area contributed by atoms with E-state index in [1.165, 1.54) is 4.68 Å². The average Bonchev–Trinajstić information content (AvgIpc) is 2.58. The van der Waals surface area contributed by atoms with Gasteiger partial charge in [-0.05, 0) is 19.1 Å². The standard InChI is InChI=1S/C11H7BrCl2N2O2/c1-5-4-16(15-9(5)11(17)18)10-7(13)2-6(12)3-8(10)14/h2-4H,1H3,(H,17,18). The first-order valence-electron chi connectivity index (χ1n) is 4.84. The van der Waals surface area contributed by atoms with Crippen LogP contribution in [0.3, 0.4) is 0 Å². The molecule has 2 rings (SSSR count). The molecule has 1 aromatic carbocycles. The highest BCUT2D eigenvalue weighted by Gasteiger charge is 2.16. The van der Waals surface area contributed by atoms with Gasteiger partial charge in [0.25, 0.3) is 0 Å². The zero-order valence-corrected chi connectivity index (χ0v) is 12.2. The van der Waals surface area contributed by atoms with Gasteiger partial charge in [-0.1, -0.05) is 39.1 Å². The van der Waals surface area contributed by atoms with E-state index in [-0.39, 0.29) is 5.69 Å². The van der Waals surface area contributed by atoms with E-state index in [2.05, 4.69) is 21.0 Å². The molecule has 1 N–H and O–H groups in total. The summed E-state index contributed by atoms with van der Waals surface area (Å²) in [5.74, 6) is -1.09. The van der Waals surface area contributed by atoms with Crippen molar-refractivity contribution in [3.63, 3.8) is 0 Å². The molecule has 1 aromatic heterocycles. The second-order valence-electron chi connectivity index (χ2n) is 3.63. The Morgan fingerprint density at radius 2 is 1.94 bits per heavy atom. The van der Waals surface area contributed by atoms with Gasteiger partial charge in [-0.2, -0.15) is 5.10 Å². The number of hydrogen-bond acceptors (Lipinski definition) is 2. The average molecular weight is 350 g/mol. The van der Waals surface area contributed by atoms with E-state index in [0.717, 1.165) is 4.47 Å². The molecule has 0 amide bonds. The minimum Gasteiger partial charge on any atom is -0.476 e. The molecule has 94 valence electrons. The molecule has 7 heteroatoms. The van der Waals surface area contributed by atoms with Gasteiger partial charge in [-0.15, -0.1) is 0 Å². The lowest BCUT2D eigenvalue weighted by atomic mass is 10.3. The molecule has 0 bridgehead atoms. The maximum absolute atomic E-state index is 10.9. The summed E-state index contributed by atoms with van der Waals surface area (Å²) >= 11 is 15.4. The van der Waals surface area contributed by atoms with Crippen LogP contribution in [0.2, 0.25) is 10.0 Å². The highest BCUT2D eigenvalue weighted by molar-refractivity contribution is 9.10. The smallest absolute Gasteiger partial charge is 0.356 e.